The molecule has 0 N–H and O–H groups in total. The third-order valence-corrected chi connectivity index (χ3v) is 3.06. The highest BCUT2D eigenvalue weighted by Crippen LogP contribution is 2.24. The first kappa shape index (κ1) is 14.5. The summed E-state index contributed by atoms with van der Waals surface area (Å²) in [5.41, 5.74) is 0.237. The van der Waals surface area contributed by atoms with Crippen molar-refractivity contribution in [2.24, 2.45) is 0 Å². The molecule has 0 heterocycles. The van der Waals surface area contributed by atoms with E-state index in [2.05, 4.69) is 0 Å². The zero-order valence-corrected chi connectivity index (χ0v) is 11.4. The Morgan fingerprint density at radius 2 is 1.95 bits per heavy atom. The average molecular weight is 297 g/mol. The van der Waals surface area contributed by atoms with Crippen molar-refractivity contribution in [1.82, 2.24) is 0 Å². The summed E-state index contributed by atoms with van der Waals surface area (Å²) in [5.74, 6) is -1.27. The second-order valence-corrected chi connectivity index (χ2v) is 4.62. The van der Waals surface area contributed by atoms with Gasteiger partial charge in [0.2, 0.25) is 0 Å². The molecular formula is C15H11ClF2O2. The Morgan fingerprint density at radius 3 is 2.65 bits per heavy atom. The quantitative estimate of drug-likeness (QED) is 0.796. The summed E-state index contributed by atoms with van der Waals surface area (Å²) in [6.07, 6.45) is -0.264. The van der Waals surface area contributed by atoms with Gasteiger partial charge in [-0.2, -0.15) is 0 Å². The molecule has 2 rings (SSSR count). The van der Waals surface area contributed by atoms with Gasteiger partial charge in [0.25, 0.3) is 0 Å². The van der Waals surface area contributed by atoms with Crippen LogP contribution >= 0.6 is 11.6 Å². The van der Waals surface area contributed by atoms with E-state index >= 15 is 0 Å². The van der Waals surface area contributed by atoms with Crippen LogP contribution in [0, 0.1) is 11.6 Å². The number of Topliss-reactive ketones (excluding diaryl/α,β-unsaturated/α-hetero) is 1. The van der Waals surface area contributed by atoms with Gasteiger partial charge in [-0.25, -0.2) is 8.78 Å². The Kier molecular flexibility index (Phi) is 4.35. The van der Waals surface area contributed by atoms with Crippen LogP contribution in [0.3, 0.4) is 0 Å². The third kappa shape index (κ3) is 3.14. The Balaban J connectivity index is 2.32. The summed E-state index contributed by atoms with van der Waals surface area (Å²) in [7, 11) is 1.42. The fourth-order valence-corrected chi connectivity index (χ4v) is 2.02. The van der Waals surface area contributed by atoms with Crippen LogP contribution < -0.4 is 4.74 Å². The van der Waals surface area contributed by atoms with Gasteiger partial charge in [-0.1, -0.05) is 11.6 Å². The molecule has 0 saturated carbocycles. The molecule has 0 unspecified atom stereocenters. The van der Waals surface area contributed by atoms with E-state index in [1.54, 1.807) is 12.1 Å². The lowest BCUT2D eigenvalue weighted by atomic mass is 10.0. The number of ether oxygens (including phenoxy) is 1. The highest BCUT2D eigenvalue weighted by Gasteiger charge is 2.16. The summed E-state index contributed by atoms with van der Waals surface area (Å²) in [6, 6.07) is 7.58. The van der Waals surface area contributed by atoms with Crippen molar-refractivity contribution in [2.75, 3.05) is 7.11 Å². The molecule has 0 aliphatic carbocycles. The van der Waals surface area contributed by atoms with Crippen LogP contribution in [0.1, 0.15) is 15.9 Å². The van der Waals surface area contributed by atoms with E-state index < -0.39 is 17.4 Å². The van der Waals surface area contributed by atoms with Crippen molar-refractivity contribution in [3.05, 3.63) is 64.2 Å². The van der Waals surface area contributed by atoms with Gasteiger partial charge in [-0.15, -0.1) is 0 Å². The molecular weight excluding hydrogens is 286 g/mol. The van der Waals surface area contributed by atoms with Gasteiger partial charge in [0.1, 0.15) is 17.4 Å². The molecule has 0 aliphatic heterocycles. The lowest BCUT2D eigenvalue weighted by Gasteiger charge is -2.08. The first-order valence-electron chi connectivity index (χ1n) is 5.82. The lowest BCUT2D eigenvalue weighted by Crippen LogP contribution is -2.07. The normalized spacial score (nSPS) is 10.4. The topological polar surface area (TPSA) is 26.3 Å². The van der Waals surface area contributed by atoms with Crippen LogP contribution in [0.15, 0.2) is 36.4 Å². The molecule has 0 aromatic heterocycles. The molecule has 0 aliphatic rings. The smallest absolute Gasteiger partial charge is 0.171 e. The lowest BCUT2D eigenvalue weighted by molar-refractivity contribution is 0.0989. The summed E-state index contributed by atoms with van der Waals surface area (Å²) in [5, 5.41) is 0.369. The van der Waals surface area contributed by atoms with E-state index in [1.165, 1.54) is 13.2 Å². The van der Waals surface area contributed by atoms with Gasteiger partial charge >= 0.3 is 0 Å². The van der Waals surface area contributed by atoms with E-state index in [-0.39, 0.29) is 17.5 Å². The zero-order valence-electron chi connectivity index (χ0n) is 10.6. The predicted octanol–water partition coefficient (Wildman–Crippen LogP) is 4.05. The van der Waals surface area contributed by atoms with Crippen molar-refractivity contribution >= 4 is 17.4 Å². The molecule has 0 atom stereocenters. The fourth-order valence-electron chi connectivity index (χ4n) is 1.85. The number of rotatable bonds is 4. The van der Waals surface area contributed by atoms with Gasteiger partial charge in [-0.3, -0.25) is 4.79 Å². The second-order valence-electron chi connectivity index (χ2n) is 4.18. The standard InChI is InChI=1S/C15H11ClF2O2/c1-20-15-5-2-10(16)8-12(15)14(19)7-9-6-11(17)3-4-13(9)18/h2-6,8H,7H2,1H3. The minimum atomic E-state index is -0.624. The molecule has 2 aromatic carbocycles. The molecule has 0 spiro atoms. The van der Waals surface area contributed by atoms with Crippen LogP contribution in [0.4, 0.5) is 8.78 Å². The third-order valence-electron chi connectivity index (χ3n) is 2.82. The summed E-state index contributed by atoms with van der Waals surface area (Å²) in [6.45, 7) is 0. The van der Waals surface area contributed by atoms with Crippen molar-refractivity contribution in [1.29, 1.82) is 0 Å². The molecule has 2 nitrogen and oxygen atoms in total. The largest absolute Gasteiger partial charge is 0.496 e. The Hall–Kier alpha value is -1.94. The van der Waals surface area contributed by atoms with Crippen LogP contribution in [0.25, 0.3) is 0 Å². The fraction of sp³-hybridized carbons (Fsp3) is 0.133. The van der Waals surface area contributed by atoms with Crippen LogP contribution in [0.2, 0.25) is 5.02 Å². The minimum Gasteiger partial charge on any atom is -0.496 e. The van der Waals surface area contributed by atoms with Gasteiger partial charge in [0.15, 0.2) is 5.78 Å². The highest BCUT2D eigenvalue weighted by molar-refractivity contribution is 6.31. The molecule has 2 aromatic rings. The maximum Gasteiger partial charge on any atom is 0.171 e. The molecule has 5 heteroatoms. The molecule has 0 saturated heterocycles. The maximum atomic E-state index is 13.5. The maximum absolute atomic E-state index is 13.5. The van der Waals surface area contributed by atoms with E-state index in [0.29, 0.717) is 10.8 Å². The number of benzene rings is 2. The number of methoxy groups -OCH3 is 1. The van der Waals surface area contributed by atoms with Gasteiger partial charge in [-0.05, 0) is 42.0 Å². The number of hydrogen-bond acceptors (Lipinski definition) is 2. The highest BCUT2D eigenvalue weighted by atomic mass is 35.5. The number of carbonyl (C=O) groups excluding carboxylic acids is 1. The molecule has 20 heavy (non-hydrogen) atoms. The van der Waals surface area contributed by atoms with Crippen LogP contribution in [-0.4, -0.2) is 12.9 Å². The van der Waals surface area contributed by atoms with Crippen LogP contribution in [-0.2, 0) is 6.42 Å². The summed E-state index contributed by atoms with van der Waals surface area (Å²) >= 11 is 5.84. The first-order valence-corrected chi connectivity index (χ1v) is 6.19. The number of carbonyl (C=O) groups is 1. The van der Waals surface area contributed by atoms with Gasteiger partial charge in [0, 0.05) is 11.4 Å². The summed E-state index contributed by atoms with van der Waals surface area (Å²) in [4.78, 5) is 12.2. The molecule has 0 radical (unpaired) electrons. The molecule has 104 valence electrons. The molecule has 0 amide bonds. The zero-order chi connectivity index (χ0) is 14.7. The Bertz CT molecular complexity index is 656. The van der Waals surface area contributed by atoms with E-state index in [9.17, 15) is 13.6 Å². The summed E-state index contributed by atoms with van der Waals surface area (Å²) < 4.78 is 31.7. The van der Waals surface area contributed by atoms with Crippen molar-refractivity contribution in [3.63, 3.8) is 0 Å². The van der Waals surface area contributed by atoms with Gasteiger partial charge in [0.05, 0.1) is 12.7 Å². The van der Waals surface area contributed by atoms with Gasteiger partial charge < -0.3 is 4.74 Å². The molecule has 0 fully saturated rings. The van der Waals surface area contributed by atoms with Crippen LogP contribution in [0.5, 0.6) is 5.75 Å². The van der Waals surface area contributed by atoms with Crippen molar-refractivity contribution in [3.8, 4) is 5.75 Å². The second kappa shape index (κ2) is 6.01. The number of ketones is 1. The SMILES string of the molecule is COc1ccc(Cl)cc1C(=O)Cc1cc(F)ccc1F. The monoisotopic (exact) mass is 296 g/mol. The predicted molar refractivity (Wildman–Crippen MR) is 72.4 cm³/mol. The number of hydrogen-bond donors (Lipinski definition) is 0. The van der Waals surface area contributed by atoms with Crippen molar-refractivity contribution < 1.29 is 18.3 Å². The van der Waals surface area contributed by atoms with E-state index in [1.807, 2.05) is 0 Å². The van der Waals surface area contributed by atoms with E-state index in [4.69, 9.17) is 16.3 Å². The average Bonchev–Trinajstić information content (AvgIpc) is 2.42. The minimum absolute atomic E-state index is 0.00275. The van der Waals surface area contributed by atoms with Crippen molar-refractivity contribution in [2.45, 2.75) is 6.42 Å². The Labute approximate surface area is 119 Å². The Morgan fingerprint density at radius 1 is 1.20 bits per heavy atom. The number of halogens is 3. The van der Waals surface area contributed by atoms with E-state index in [0.717, 1.165) is 18.2 Å². The first-order chi connectivity index (χ1) is 9.51. The molecule has 0 bridgehead atoms.